The Hall–Kier alpha value is -4.02. The highest BCUT2D eigenvalue weighted by molar-refractivity contribution is 6.22. The number of rotatable bonds is 11. The van der Waals surface area contributed by atoms with Crippen LogP contribution in [0.4, 0.5) is 0 Å². The molecule has 2 aliphatic rings. The highest BCUT2D eigenvalue weighted by Crippen LogP contribution is 2.23. The second-order valence-electron chi connectivity index (χ2n) is 10.7. The van der Waals surface area contributed by atoms with Crippen LogP contribution in [-0.2, 0) is 25.9 Å². The summed E-state index contributed by atoms with van der Waals surface area (Å²) in [6, 6.07) is 22.4. The fourth-order valence-electron chi connectivity index (χ4n) is 5.60. The fourth-order valence-corrected chi connectivity index (χ4v) is 5.60. The standard InChI is InChI=1S/C34H32N4O4.2BrH/c39-31-27-7-1-2-8-28(27)32(40)37(31)19-5-17-35-21-13-25(14-22-35)11-12-26-15-23-36(24-16-26)18-6-20-38-33(41)29-9-3-4-10-30(29)34(38)42;;/h1-4,7-10,13-16,21-24H,5-6,11-12,17-20H2;2*1H/q+2;;/p-2. The van der Waals surface area contributed by atoms with Gasteiger partial charge in [-0.25, -0.2) is 9.13 Å². The second kappa shape index (κ2) is 14.6. The lowest BCUT2D eigenvalue weighted by molar-refractivity contribution is -0.697. The first kappa shape index (κ1) is 32.9. The second-order valence-corrected chi connectivity index (χ2v) is 10.7. The minimum Gasteiger partial charge on any atom is -1.00 e. The van der Waals surface area contributed by atoms with Crippen LogP contribution in [0, 0.1) is 0 Å². The minimum absolute atomic E-state index is 0. The summed E-state index contributed by atoms with van der Waals surface area (Å²) in [5, 5.41) is 0. The average Bonchev–Trinajstić information content (AvgIpc) is 3.42. The molecule has 44 heavy (non-hydrogen) atoms. The van der Waals surface area contributed by atoms with Gasteiger partial charge in [-0.3, -0.25) is 29.0 Å². The number of fused-ring (bicyclic) bond motifs is 2. The van der Waals surface area contributed by atoms with E-state index in [9.17, 15) is 19.2 Å². The molecule has 0 aliphatic carbocycles. The molecule has 0 bridgehead atoms. The molecule has 0 fully saturated rings. The average molecular weight is 720 g/mol. The Morgan fingerprint density at radius 3 is 1.05 bits per heavy atom. The number of carbonyl (C=O) groups excluding carboxylic acids is 4. The Morgan fingerprint density at radius 2 is 0.750 bits per heavy atom. The molecule has 4 aromatic rings. The van der Waals surface area contributed by atoms with Crippen LogP contribution in [0.3, 0.4) is 0 Å². The predicted molar refractivity (Wildman–Crippen MR) is 154 cm³/mol. The summed E-state index contributed by atoms with van der Waals surface area (Å²) < 4.78 is 4.16. The van der Waals surface area contributed by atoms with Gasteiger partial charge in [-0.15, -0.1) is 0 Å². The number of carbonyl (C=O) groups is 4. The van der Waals surface area contributed by atoms with Crippen molar-refractivity contribution in [2.45, 2.75) is 38.8 Å². The van der Waals surface area contributed by atoms with Gasteiger partial charge in [0.05, 0.1) is 22.3 Å². The van der Waals surface area contributed by atoms with E-state index in [0.717, 1.165) is 25.9 Å². The molecule has 2 aliphatic heterocycles. The number of pyridine rings is 2. The number of imide groups is 2. The van der Waals surface area contributed by atoms with Gasteiger partial charge in [0.15, 0.2) is 24.8 Å². The first-order chi connectivity index (χ1) is 20.5. The van der Waals surface area contributed by atoms with Crippen LogP contribution < -0.4 is 43.1 Å². The van der Waals surface area contributed by atoms with Crippen LogP contribution in [0.5, 0.6) is 0 Å². The Balaban J connectivity index is 0.00000221. The molecule has 4 amide bonds. The highest BCUT2D eigenvalue weighted by Gasteiger charge is 2.35. The van der Waals surface area contributed by atoms with Gasteiger partial charge in [-0.2, -0.15) is 0 Å². The molecule has 10 heteroatoms. The van der Waals surface area contributed by atoms with Crippen LogP contribution in [0.2, 0.25) is 0 Å². The van der Waals surface area contributed by atoms with Crippen LogP contribution in [0.15, 0.2) is 97.6 Å². The van der Waals surface area contributed by atoms with E-state index < -0.39 is 0 Å². The Bertz CT molecular complexity index is 1480. The summed E-state index contributed by atoms with van der Waals surface area (Å²) in [4.78, 5) is 52.8. The van der Waals surface area contributed by atoms with E-state index in [1.165, 1.54) is 20.9 Å². The van der Waals surface area contributed by atoms with Crippen molar-refractivity contribution < 1.29 is 62.3 Å². The zero-order valence-corrected chi connectivity index (χ0v) is 27.2. The molecule has 0 saturated carbocycles. The number of aryl methyl sites for hydroxylation is 4. The van der Waals surface area contributed by atoms with E-state index in [2.05, 4.69) is 33.4 Å². The fraction of sp³-hybridized carbons (Fsp3) is 0.235. The first-order valence-electron chi connectivity index (χ1n) is 14.4. The van der Waals surface area contributed by atoms with Crippen molar-refractivity contribution in [3.8, 4) is 0 Å². The third-order valence-electron chi connectivity index (χ3n) is 7.98. The van der Waals surface area contributed by atoms with Crippen LogP contribution in [0.1, 0.15) is 65.4 Å². The van der Waals surface area contributed by atoms with Crippen LogP contribution in [-0.4, -0.2) is 46.5 Å². The third kappa shape index (κ3) is 6.87. The molecule has 0 atom stereocenters. The molecular weight excluding hydrogens is 688 g/mol. The summed E-state index contributed by atoms with van der Waals surface area (Å²) in [6.45, 7) is 2.24. The van der Waals surface area contributed by atoms with Crippen molar-refractivity contribution in [1.29, 1.82) is 0 Å². The zero-order chi connectivity index (χ0) is 29.1. The van der Waals surface area contributed by atoms with E-state index in [-0.39, 0.29) is 57.6 Å². The number of halogens is 2. The maximum absolute atomic E-state index is 12.5. The van der Waals surface area contributed by atoms with Crippen molar-refractivity contribution >= 4 is 23.6 Å². The van der Waals surface area contributed by atoms with Crippen molar-refractivity contribution in [2.75, 3.05) is 13.1 Å². The smallest absolute Gasteiger partial charge is 0.261 e. The molecule has 2 aromatic heterocycles. The molecule has 0 N–H and O–H groups in total. The first-order valence-corrected chi connectivity index (χ1v) is 14.4. The van der Waals surface area contributed by atoms with Gasteiger partial charge in [-0.1, -0.05) is 24.3 Å². The van der Waals surface area contributed by atoms with Crippen molar-refractivity contribution in [2.24, 2.45) is 0 Å². The summed E-state index contributed by atoms with van der Waals surface area (Å²) >= 11 is 0. The van der Waals surface area contributed by atoms with E-state index in [4.69, 9.17) is 0 Å². The molecule has 0 unspecified atom stereocenters. The number of nitrogens with zero attached hydrogens (tertiary/aromatic N) is 4. The number of benzene rings is 2. The zero-order valence-electron chi connectivity index (χ0n) is 24.1. The van der Waals surface area contributed by atoms with E-state index in [1.54, 1.807) is 48.5 Å². The Kier molecular flexibility index (Phi) is 10.9. The molecule has 6 rings (SSSR count). The number of hydrogen-bond acceptors (Lipinski definition) is 4. The third-order valence-corrected chi connectivity index (χ3v) is 7.98. The SMILES string of the molecule is O=C1c2ccccc2C(=O)N1CCC[n+]1ccc(CCc2cc[n+](CCCN3C(=O)c4ccccc4C3=O)cc2)cc1.[Br-].[Br-]. The molecule has 226 valence electrons. The molecule has 0 spiro atoms. The molecule has 4 heterocycles. The van der Waals surface area contributed by atoms with Gasteiger partial charge in [0, 0.05) is 50.2 Å². The molecule has 2 aromatic carbocycles. The summed E-state index contributed by atoms with van der Waals surface area (Å²) in [5.41, 5.74) is 4.45. The Labute approximate surface area is 277 Å². The number of amides is 4. The summed E-state index contributed by atoms with van der Waals surface area (Å²) in [5.74, 6) is -0.819. The maximum Gasteiger partial charge on any atom is 0.261 e. The number of hydrogen-bond donors (Lipinski definition) is 0. The van der Waals surface area contributed by atoms with Gasteiger partial charge in [0.1, 0.15) is 13.1 Å². The molecule has 0 radical (unpaired) electrons. The molecule has 8 nitrogen and oxygen atoms in total. The highest BCUT2D eigenvalue weighted by atomic mass is 79.9. The maximum atomic E-state index is 12.5. The van der Waals surface area contributed by atoms with Crippen molar-refractivity contribution in [3.63, 3.8) is 0 Å². The predicted octanol–water partition coefficient (Wildman–Crippen LogP) is -2.57. The topological polar surface area (TPSA) is 82.5 Å². The largest absolute Gasteiger partial charge is 1.00 e. The van der Waals surface area contributed by atoms with Gasteiger partial charge in [-0.05, 0) is 48.2 Å². The molecular formula is C34H32Br2N4O4. The monoisotopic (exact) mass is 718 g/mol. The summed E-state index contributed by atoms with van der Waals surface area (Å²) in [7, 11) is 0. The minimum atomic E-state index is -0.205. The lowest BCUT2D eigenvalue weighted by atomic mass is 10.1. The van der Waals surface area contributed by atoms with Gasteiger partial charge >= 0.3 is 0 Å². The van der Waals surface area contributed by atoms with E-state index >= 15 is 0 Å². The lowest BCUT2D eigenvalue weighted by Crippen LogP contribution is -3.00. The van der Waals surface area contributed by atoms with Crippen LogP contribution >= 0.6 is 0 Å². The van der Waals surface area contributed by atoms with Crippen molar-refractivity contribution in [1.82, 2.24) is 9.80 Å². The van der Waals surface area contributed by atoms with Gasteiger partial charge < -0.3 is 34.0 Å². The summed E-state index contributed by atoms with van der Waals surface area (Å²) in [6.07, 6.45) is 11.4. The van der Waals surface area contributed by atoms with E-state index in [1.807, 2.05) is 24.8 Å². The number of aromatic nitrogens is 2. The van der Waals surface area contributed by atoms with E-state index in [0.29, 0.717) is 48.2 Å². The van der Waals surface area contributed by atoms with Gasteiger partial charge in [0.25, 0.3) is 23.6 Å². The van der Waals surface area contributed by atoms with Crippen LogP contribution in [0.25, 0.3) is 0 Å². The van der Waals surface area contributed by atoms with Crippen molar-refractivity contribution in [3.05, 3.63) is 131 Å². The normalized spacial score (nSPS) is 13.5. The lowest BCUT2D eigenvalue weighted by Gasteiger charge is -2.12. The Morgan fingerprint density at radius 1 is 0.455 bits per heavy atom. The molecule has 0 saturated heterocycles. The van der Waals surface area contributed by atoms with Gasteiger partial charge in [0.2, 0.25) is 0 Å². The quantitative estimate of drug-likeness (QED) is 0.126.